The van der Waals surface area contributed by atoms with E-state index in [0.29, 0.717) is 6.04 Å². The Morgan fingerprint density at radius 1 is 1.09 bits per heavy atom. The summed E-state index contributed by atoms with van der Waals surface area (Å²) in [5.41, 5.74) is 6.25. The number of fused-ring (bicyclic) bond motifs is 1. The highest BCUT2D eigenvalue weighted by Crippen LogP contribution is 2.28. The van der Waals surface area contributed by atoms with Crippen LogP contribution in [-0.4, -0.2) is 21.1 Å². The molecule has 116 valence electrons. The Morgan fingerprint density at radius 2 is 1.77 bits per heavy atom. The van der Waals surface area contributed by atoms with Gasteiger partial charge in [-0.1, -0.05) is 6.07 Å². The quantitative estimate of drug-likeness (QED) is 0.797. The molecule has 1 aromatic carbocycles. The van der Waals surface area contributed by atoms with Crippen LogP contribution >= 0.6 is 12.2 Å². The highest BCUT2D eigenvalue weighted by atomic mass is 32.1. The molecule has 0 fully saturated rings. The highest BCUT2D eigenvalue weighted by Gasteiger charge is 2.26. The van der Waals surface area contributed by atoms with E-state index in [-0.39, 0.29) is 0 Å². The van der Waals surface area contributed by atoms with E-state index in [1.165, 1.54) is 22.5 Å². The summed E-state index contributed by atoms with van der Waals surface area (Å²) in [5, 5.41) is 4.22. The number of nitrogens with zero attached hydrogens (tertiary/aromatic N) is 2. The first kappa shape index (κ1) is 15.1. The minimum atomic E-state index is 0.299. The van der Waals surface area contributed by atoms with Crippen LogP contribution < -0.4 is 5.32 Å². The van der Waals surface area contributed by atoms with Crippen LogP contribution in [0.15, 0.2) is 30.3 Å². The van der Waals surface area contributed by atoms with E-state index in [1.807, 2.05) is 0 Å². The molecule has 0 saturated heterocycles. The van der Waals surface area contributed by atoms with Gasteiger partial charge in [-0.25, -0.2) is 0 Å². The molecule has 1 aliphatic rings. The van der Waals surface area contributed by atoms with Crippen LogP contribution in [0.4, 0.5) is 5.69 Å². The van der Waals surface area contributed by atoms with Crippen molar-refractivity contribution in [3.63, 3.8) is 0 Å². The first-order valence-corrected chi connectivity index (χ1v) is 8.18. The standard InChI is InChI=1S/C18H23N3S/c1-12-9-13(2)11-16(10-12)19-18(22)21-8-7-20-14(3)5-6-17(20)15(21)4/h5-6,9-11,15H,7-8H2,1-4H3,(H,19,22)/t15-/m0/s1. The van der Waals surface area contributed by atoms with E-state index in [4.69, 9.17) is 12.2 Å². The van der Waals surface area contributed by atoms with Crippen LogP contribution in [0, 0.1) is 20.8 Å². The summed E-state index contributed by atoms with van der Waals surface area (Å²) in [7, 11) is 0. The zero-order valence-electron chi connectivity index (χ0n) is 13.7. The summed E-state index contributed by atoms with van der Waals surface area (Å²) in [6.07, 6.45) is 0. The summed E-state index contributed by atoms with van der Waals surface area (Å²) < 4.78 is 2.39. The Balaban J connectivity index is 1.78. The first-order valence-electron chi connectivity index (χ1n) is 7.77. The van der Waals surface area contributed by atoms with E-state index in [2.05, 4.69) is 72.8 Å². The minimum Gasteiger partial charge on any atom is -0.345 e. The molecule has 0 spiro atoms. The summed E-state index contributed by atoms with van der Waals surface area (Å²) in [6, 6.07) is 11.2. The average Bonchev–Trinajstić information content (AvgIpc) is 2.80. The van der Waals surface area contributed by atoms with Crippen LogP contribution in [-0.2, 0) is 6.54 Å². The van der Waals surface area contributed by atoms with Crippen LogP contribution in [0.5, 0.6) is 0 Å². The van der Waals surface area contributed by atoms with Crippen molar-refractivity contribution in [2.75, 3.05) is 11.9 Å². The number of aryl methyl sites for hydroxylation is 3. The lowest BCUT2D eigenvalue weighted by molar-refractivity contribution is 0.274. The van der Waals surface area contributed by atoms with E-state index in [1.54, 1.807) is 0 Å². The SMILES string of the molecule is Cc1cc(C)cc(NC(=S)N2CCn3c(C)ccc3[C@@H]2C)c1. The molecule has 3 nitrogen and oxygen atoms in total. The molecule has 22 heavy (non-hydrogen) atoms. The van der Waals surface area contributed by atoms with Crippen molar-refractivity contribution < 1.29 is 0 Å². The maximum absolute atomic E-state index is 5.66. The molecule has 0 unspecified atom stereocenters. The number of nitrogens with one attached hydrogen (secondary N) is 1. The molecule has 1 aromatic heterocycles. The predicted octanol–water partition coefficient (Wildman–Crippen LogP) is 4.19. The number of hydrogen-bond acceptors (Lipinski definition) is 1. The number of aromatic nitrogens is 1. The van der Waals surface area contributed by atoms with Gasteiger partial charge in [0.25, 0.3) is 0 Å². The summed E-state index contributed by atoms with van der Waals surface area (Å²) in [6.45, 7) is 10.5. The van der Waals surface area contributed by atoms with Crippen LogP contribution in [0.1, 0.15) is 35.5 Å². The van der Waals surface area contributed by atoms with Gasteiger partial charge in [-0.05, 0) is 75.3 Å². The van der Waals surface area contributed by atoms with Gasteiger partial charge >= 0.3 is 0 Å². The molecule has 1 N–H and O–H groups in total. The number of hydrogen-bond donors (Lipinski definition) is 1. The molecule has 2 aromatic rings. The number of anilines is 1. The number of thiocarbonyl (C=S) groups is 1. The predicted molar refractivity (Wildman–Crippen MR) is 96.4 cm³/mol. The summed E-state index contributed by atoms with van der Waals surface area (Å²) in [4.78, 5) is 2.28. The number of rotatable bonds is 1. The third-order valence-electron chi connectivity index (χ3n) is 4.43. The first-order chi connectivity index (χ1) is 10.5. The monoisotopic (exact) mass is 313 g/mol. The summed E-state index contributed by atoms with van der Waals surface area (Å²) in [5.74, 6) is 0. The van der Waals surface area contributed by atoms with Crippen molar-refractivity contribution in [3.05, 3.63) is 52.8 Å². The smallest absolute Gasteiger partial charge is 0.174 e. The van der Waals surface area contributed by atoms with Gasteiger partial charge in [0.05, 0.1) is 6.04 Å². The molecule has 1 aliphatic heterocycles. The van der Waals surface area contributed by atoms with Gasteiger partial charge < -0.3 is 14.8 Å². The van der Waals surface area contributed by atoms with Gasteiger partial charge in [0, 0.05) is 30.2 Å². The van der Waals surface area contributed by atoms with Gasteiger partial charge in [-0.15, -0.1) is 0 Å². The third kappa shape index (κ3) is 2.75. The Bertz CT molecular complexity index is 697. The molecule has 0 aliphatic carbocycles. The topological polar surface area (TPSA) is 20.2 Å². The molecule has 2 heterocycles. The van der Waals surface area contributed by atoms with Crippen LogP contribution in [0.25, 0.3) is 0 Å². The van der Waals surface area contributed by atoms with Gasteiger partial charge in [0.1, 0.15) is 0 Å². The van der Waals surface area contributed by atoms with E-state index < -0.39 is 0 Å². The third-order valence-corrected chi connectivity index (χ3v) is 4.76. The van der Waals surface area contributed by atoms with Crippen molar-refractivity contribution in [3.8, 4) is 0 Å². The van der Waals surface area contributed by atoms with Crippen molar-refractivity contribution in [2.45, 2.75) is 40.3 Å². The lowest BCUT2D eigenvalue weighted by atomic mass is 10.1. The maximum Gasteiger partial charge on any atom is 0.174 e. The van der Waals surface area contributed by atoms with Crippen LogP contribution in [0.2, 0.25) is 0 Å². The normalized spacial score (nSPS) is 17.3. The Morgan fingerprint density at radius 3 is 2.45 bits per heavy atom. The lowest BCUT2D eigenvalue weighted by Gasteiger charge is -2.37. The van der Waals surface area contributed by atoms with E-state index in [0.717, 1.165) is 23.9 Å². The average molecular weight is 313 g/mol. The molecule has 0 saturated carbocycles. The second-order valence-electron chi connectivity index (χ2n) is 6.23. The Labute approximate surface area is 137 Å². The van der Waals surface area contributed by atoms with E-state index in [9.17, 15) is 0 Å². The fourth-order valence-electron chi connectivity index (χ4n) is 3.34. The number of benzene rings is 1. The molecular formula is C18H23N3S. The lowest BCUT2D eigenvalue weighted by Crippen LogP contribution is -2.43. The molecule has 4 heteroatoms. The highest BCUT2D eigenvalue weighted by molar-refractivity contribution is 7.80. The summed E-state index contributed by atoms with van der Waals surface area (Å²) >= 11 is 5.66. The van der Waals surface area contributed by atoms with Crippen molar-refractivity contribution in [1.82, 2.24) is 9.47 Å². The molecule has 0 amide bonds. The zero-order valence-corrected chi connectivity index (χ0v) is 14.5. The fraction of sp³-hybridized carbons (Fsp3) is 0.389. The van der Waals surface area contributed by atoms with Crippen molar-refractivity contribution in [1.29, 1.82) is 0 Å². The van der Waals surface area contributed by atoms with Crippen molar-refractivity contribution >= 4 is 23.0 Å². The maximum atomic E-state index is 5.66. The molecule has 0 bridgehead atoms. The minimum absolute atomic E-state index is 0.299. The molecule has 0 radical (unpaired) electrons. The van der Waals surface area contributed by atoms with Gasteiger partial charge in [-0.2, -0.15) is 0 Å². The second-order valence-corrected chi connectivity index (χ2v) is 6.61. The molecular weight excluding hydrogens is 290 g/mol. The van der Waals surface area contributed by atoms with E-state index >= 15 is 0 Å². The zero-order chi connectivity index (χ0) is 15.9. The van der Waals surface area contributed by atoms with Crippen LogP contribution in [0.3, 0.4) is 0 Å². The Hall–Kier alpha value is -1.81. The largest absolute Gasteiger partial charge is 0.345 e. The molecule has 3 rings (SSSR count). The van der Waals surface area contributed by atoms with Gasteiger partial charge in [-0.3, -0.25) is 0 Å². The van der Waals surface area contributed by atoms with Gasteiger partial charge in [0.2, 0.25) is 0 Å². The fourth-order valence-corrected chi connectivity index (χ4v) is 3.71. The molecule has 1 atom stereocenters. The Kier molecular flexibility index (Phi) is 3.96. The second kappa shape index (κ2) is 5.76. The van der Waals surface area contributed by atoms with Gasteiger partial charge in [0.15, 0.2) is 5.11 Å². The van der Waals surface area contributed by atoms with Crippen molar-refractivity contribution in [2.24, 2.45) is 0 Å².